The fourth-order valence-electron chi connectivity index (χ4n) is 1.56. The standard InChI is InChI=1S/C7H10BrN5O2S/c8-6-10-3-5(16-6)4-12-2-1-9-7(12)11-13(14)15/h3,7,9,11H,1-2,4H2. The van der Waals surface area contributed by atoms with Crippen LogP contribution < -0.4 is 10.7 Å². The lowest BCUT2D eigenvalue weighted by molar-refractivity contribution is -0.556. The minimum Gasteiger partial charge on any atom is -0.279 e. The van der Waals surface area contributed by atoms with Crippen LogP contribution in [0.1, 0.15) is 4.88 Å². The minimum absolute atomic E-state index is 0.407. The first-order valence-electron chi connectivity index (χ1n) is 4.63. The van der Waals surface area contributed by atoms with Crippen molar-refractivity contribution in [3.05, 3.63) is 25.1 Å². The largest absolute Gasteiger partial charge is 0.279 e. The number of hydrazine groups is 1. The van der Waals surface area contributed by atoms with E-state index < -0.39 is 11.3 Å². The molecule has 1 fully saturated rings. The van der Waals surface area contributed by atoms with Crippen molar-refractivity contribution in [1.82, 2.24) is 20.6 Å². The number of thiazole rings is 1. The summed E-state index contributed by atoms with van der Waals surface area (Å²) in [7, 11) is 0. The lowest BCUT2D eigenvalue weighted by atomic mass is 10.5. The van der Waals surface area contributed by atoms with Gasteiger partial charge in [0.05, 0.1) is 0 Å². The Kier molecular flexibility index (Phi) is 3.69. The summed E-state index contributed by atoms with van der Waals surface area (Å²) in [6.45, 7) is 2.17. The fourth-order valence-corrected chi connectivity index (χ4v) is 2.94. The molecule has 2 heterocycles. The first-order valence-corrected chi connectivity index (χ1v) is 6.24. The number of nitrogens with one attached hydrogen (secondary N) is 2. The summed E-state index contributed by atoms with van der Waals surface area (Å²) < 4.78 is 0.827. The van der Waals surface area contributed by atoms with Crippen molar-refractivity contribution in [2.24, 2.45) is 0 Å². The van der Waals surface area contributed by atoms with Crippen LogP contribution in [0.2, 0.25) is 0 Å². The van der Waals surface area contributed by atoms with Gasteiger partial charge in [0.25, 0.3) is 0 Å². The van der Waals surface area contributed by atoms with Gasteiger partial charge in [-0.1, -0.05) is 0 Å². The van der Waals surface area contributed by atoms with E-state index in [-0.39, 0.29) is 0 Å². The van der Waals surface area contributed by atoms with E-state index in [1.165, 1.54) is 11.3 Å². The second-order valence-corrected chi connectivity index (χ2v) is 5.68. The van der Waals surface area contributed by atoms with Crippen molar-refractivity contribution in [1.29, 1.82) is 0 Å². The number of nitro groups is 1. The molecule has 1 aromatic rings. The molecule has 1 aliphatic heterocycles. The monoisotopic (exact) mass is 307 g/mol. The Labute approximate surface area is 104 Å². The summed E-state index contributed by atoms with van der Waals surface area (Å²) in [6.07, 6.45) is 1.37. The van der Waals surface area contributed by atoms with E-state index in [9.17, 15) is 10.1 Å². The van der Waals surface area contributed by atoms with Gasteiger partial charge in [0.1, 0.15) is 0 Å². The van der Waals surface area contributed by atoms with Gasteiger partial charge in [-0.15, -0.1) is 16.8 Å². The summed E-state index contributed by atoms with van der Waals surface area (Å²) in [5.41, 5.74) is 2.23. The third kappa shape index (κ3) is 2.88. The van der Waals surface area contributed by atoms with E-state index in [0.29, 0.717) is 6.54 Å². The molecule has 1 aromatic heterocycles. The van der Waals surface area contributed by atoms with Crippen LogP contribution in [-0.4, -0.2) is 34.3 Å². The maximum Gasteiger partial charge on any atom is 0.192 e. The lowest BCUT2D eigenvalue weighted by Gasteiger charge is -2.19. The smallest absolute Gasteiger partial charge is 0.192 e. The van der Waals surface area contributed by atoms with E-state index in [1.807, 2.05) is 4.90 Å². The lowest BCUT2D eigenvalue weighted by Crippen LogP contribution is -2.49. The number of aromatic nitrogens is 1. The average Bonchev–Trinajstić information content (AvgIpc) is 2.77. The molecule has 88 valence electrons. The molecular formula is C7H10BrN5O2S. The summed E-state index contributed by atoms with van der Waals surface area (Å²) in [4.78, 5) is 17.5. The topological polar surface area (TPSA) is 83.3 Å². The molecule has 0 radical (unpaired) electrons. The molecule has 1 unspecified atom stereocenters. The van der Waals surface area contributed by atoms with Gasteiger partial charge in [-0.25, -0.2) is 15.1 Å². The highest BCUT2D eigenvalue weighted by molar-refractivity contribution is 9.11. The molecule has 0 aliphatic carbocycles. The molecule has 2 N–H and O–H groups in total. The molecule has 0 bridgehead atoms. The second-order valence-electron chi connectivity index (χ2n) is 3.29. The molecule has 9 heteroatoms. The Morgan fingerprint density at radius 2 is 2.69 bits per heavy atom. The van der Waals surface area contributed by atoms with Crippen LogP contribution in [0, 0.1) is 10.1 Å². The Balaban J connectivity index is 1.95. The Bertz CT molecular complexity index is 387. The zero-order valence-electron chi connectivity index (χ0n) is 8.22. The fraction of sp³-hybridized carbons (Fsp3) is 0.571. The van der Waals surface area contributed by atoms with Crippen LogP contribution in [0.5, 0.6) is 0 Å². The zero-order valence-corrected chi connectivity index (χ0v) is 10.6. The molecular weight excluding hydrogens is 298 g/mol. The number of halogens is 1. The van der Waals surface area contributed by atoms with E-state index in [0.717, 1.165) is 21.9 Å². The summed E-state index contributed by atoms with van der Waals surface area (Å²) in [5.74, 6) is 0. The number of hydrogen-bond acceptors (Lipinski definition) is 6. The highest BCUT2D eigenvalue weighted by Gasteiger charge is 2.27. The van der Waals surface area contributed by atoms with Crippen molar-refractivity contribution < 1.29 is 5.03 Å². The highest BCUT2D eigenvalue weighted by atomic mass is 79.9. The first kappa shape index (κ1) is 11.7. The summed E-state index contributed by atoms with van der Waals surface area (Å²) in [6, 6.07) is 0. The van der Waals surface area contributed by atoms with Gasteiger partial charge in [-0.2, -0.15) is 0 Å². The van der Waals surface area contributed by atoms with Crippen LogP contribution in [0.3, 0.4) is 0 Å². The van der Waals surface area contributed by atoms with E-state index >= 15 is 0 Å². The third-order valence-electron chi connectivity index (χ3n) is 2.21. The number of rotatable bonds is 4. The minimum atomic E-state index is -0.529. The Morgan fingerprint density at radius 1 is 1.88 bits per heavy atom. The van der Waals surface area contributed by atoms with Crippen LogP contribution in [0.4, 0.5) is 0 Å². The number of hydrogen-bond donors (Lipinski definition) is 2. The molecule has 0 spiro atoms. The van der Waals surface area contributed by atoms with E-state index in [1.54, 1.807) is 6.20 Å². The third-order valence-corrected chi connectivity index (χ3v) is 3.67. The molecule has 1 atom stereocenters. The first-order chi connectivity index (χ1) is 7.65. The molecule has 16 heavy (non-hydrogen) atoms. The normalized spacial score (nSPS) is 21.2. The SMILES string of the molecule is O=[N+]([O-])NC1NCCN1Cc1cnc(Br)s1. The van der Waals surface area contributed by atoms with E-state index in [4.69, 9.17) is 0 Å². The summed E-state index contributed by atoms with van der Waals surface area (Å²) in [5, 5.41) is 12.8. The van der Waals surface area contributed by atoms with Gasteiger partial charge in [0.2, 0.25) is 0 Å². The maximum atomic E-state index is 10.4. The van der Waals surface area contributed by atoms with Gasteiger partial charge in [0, 0.05) is 30.7 Å². The Hall–Kier alpha value is -0.770. The van der Waals surface area contributed by atoms with E-state index in [2.05, 4.69) is 31.7 Å². The highest BCUT2D eigenvalue weighted by Crippen LogP contribution is 2.20. The maximum absolute atomic E-state index is 10.4. The quantitative estimate of drug-likeness (QED) is 0.618. The van der Waals surface area contributed by atoms with Crippen LogP contribution in [0.25, 0.3) is 0 Å². The van der Waals surface area contributed by atoms with Gasteiger partial charge in [-0.05, 0) is 15.9 Å². The second kappa shape index (κ2) is 5.04. The molecule has 0 aromatic carbocycles. The average molecular weight is 308 g/mol. The molecule has 1 aliphatic rings. The van der Waals surface area contributed by atoms with Crippen molar-refractivity contribution in [2.45, 2.75) is 12.8 Å². The molecule has 1 saturated heterocycles. The van der Waals surface area contributed by atoms with Gasteiger partial charge in [-0.3, -0.25) is 10.2 Å². The van der Waals surface area contributed by atoms with Gasteiger partial charge in [0.15, 0.2) is 15.2 Å². The molecule has 7 nitrogen and oxygen atoms in total. The zero-order chi connectivity index (χ0) is 11.5. The van der Waals surface area contributed by atoms with Gasteiger partial charge >= 0.3 is 0 Å². The predicted octanol–water partition coefficient (Wildman–Crippen LogP) is 0.376. The van der Waals surface area contributed by atoms with Crippen molar-refractivity contribution >= 4 is 27.3 Å². The Morgan fingerprint density at radius 3 is 3.31 bits per heavy atom. The van der Waals surface area contributed by atoms with Crippen molar-refractivity contribution in [2.75, 3.05) is 13.1 Å². The summed E-state index contributed by atoms with van der Waals surface area (Å²) >= 11 is 4.82. The molecule has 0 amide bonds. The van der Waals surface area contributed by atoms with Gasteiger partial charge < -0.3 is 0 Å². The van der Waals surface area contributed by atoms with Crippen molar-refractivity contribution in [3.8, 4) is 0 Å². The van der Waals surface area contributed by atoms with Crippen LogP contribution in [0.15, 0.2) is 10.1 Å². The number of nitrogens with zero attached hydrogens (tertiary/aromatic N) is 3. The van der Waals surface area contributed by atoms with Crippen LogP contribution >= 0.6 is 27.3 Å². The molecule has 2 rings (SSSR count). The van der Waals surface area contributed by atoms with Crippen molar-refractivity contribution in [3.63, 3.8) is 0 Å². The van der Waals surface area contributed by atoms with Crippen LogP contribution in [-0.2, 0) is 6.54 Å². The molecule has 0 saturated carbocycles. The predicted molar refractivity (Wildman–Crippen MR) is 62.1 cm³/mol.